The predicted molar refractivity (Wildman–Crippen MR) is 75.0 cm³/mol. The maximum absolute atomic E-state index is 12.8. The molecule has 3 atom stereocenters. The second kappa shape index (κ2) is 4.16. The van der Waals surface area contributed by atoms with E-state index < -0.39 is 0 Å². The number of Topliss-reactive ketones (excluding diaryl/α,β-unsaturated/α-hetero) is 1. The first kappa shape index (κ1) is 11.2. The van der Waals surface area contributed by atoms with Crippen LogP contribution in [0, 0.1) is 17.8 Å². The lowest BCUT2D eigenvalue weighted by atomic mass is 9.82. The summed E-state index contributed by atoms with van der Waals surface area (Å²) >= 11 is 0. The van der Waals surface area contributed by atoms with Crippen molar-refractivity contribution in [3.05, 3.63) is 42.2 Å². The van der Waals surface area contributed by atoms with Gasteiger partial charge in [-0.25, -0.2) is 0 Å². The van der Waals surface area contributed by atoms with E-state index in [0.29, 0.717) is 11.7 Å². The van der Waals surface area contributed by atoms with Gasteiger partial charge in [0, 0.05) is 29.3 Å². The Morgan fingerprint density at radius 3 is 2.89 bits per heavy atom. The van der Waals surface area contributed by atoms with Gasteiger partial charge < -0.3 is 0 Å². The Labute approximate surface area is 112 Å². The second-order valence-corrected chi connectivity index (χ2v) is 6.05. The molecule has 2 saturated carbocycles. The summed E-state index contributed by atoms with van der Waals surface area (Å²) in [6.45, 7) is 0. The molecule has 1 heterocycles. The first-order valence-corrected chi connectivity index (χ1v) is 7.20. The van der Waals surface area contributed by atoms with Gasteiger partial charge >= 0.3 is 0 Å². The monoisotopic (exact) mass is 251 g/mol. The molecule has 2 heteroatoms. The molecule has 2 aromatic rings. The van der Waals surface area contributed by atoms with Gasteiger partial charge in [-0.05, 0) is 42.6 Å². The maximum Gasteiger partial charge on any atom is 0.166 e. The van der Waals surface area contributed by atoms with E-state index >= 15 is 0 Å². The van der Waals surface area contributed by atoms with Gasteiger partial charge in [0.05, 0.1) is 0 Å². The highest BCUT2D eigenvalue weighted by Gasteiger charge is 2.43. The van der Waals surface area contributed by atoms with E-state index in [4.69, 9.17) is 0 Å². The minimum Gasteiger partial charge on any atom is -0.294 e. The van der Waals surface area contributed by atoms with Crippen molar-refractivity contribution in [1.82, 2.24) is 4.98 Å². The fraction of sp³-hybridized carbons (Fsp3) is 0.412. The third-order valence-corrected chi connectivity index (χ3v) is 5.02. The molecular weight excluding hydrogens is 234 g/mol. The van der Waals surface area contributed by atoms with Gasteiger partial charge in [0.1, 0.15) is 0 Å². The number of carbonyl (C=O) groups is 1. The highest BCUT2D eigenvalue weighted by Crippen LogP contribution is 2.49. The SMILES string of the molecule is O=C(c1cccc2cnccc12)C1CC2CCC1C2. The molecule has 0 saturated heterocycles. The zero-order chi connectivity index (χ0) is 12.8. The predicted octanol–water partition coefficient (Wildman–Crippen LogP) is 3.85. The molecular formula is C17H17NO. The summed E-state index contributed by atoms with van der Waals surface area (Å²) in [6, 6.07) is 7.96. The van der Waals surface area contributed by atoms with Gasteiger partial charge in [0.15, 0.2) is 5.78 Å². The topological polar surface area (TPSA) is 30.0 Å². The number of nitrogens with zero attached hydrogens (tertiary/aromatic N) is 1. The minimum absolute atomic E-state index is 0.275. The lowest BCUT2D eigenvalue weighted by Crippen LogP contribution is -2.21. The van der Waals surface area contributed by atoms with Gasteiger partial charge in [-0.1, -0.05) is 24.6 Å². The number of rotatable bonds is 2. The average Bonchev–Trinajstić information content (AvgIpc) is 3.08. The molecule has 1 aromatic heterocycles. The van der Waals surface area contributed by atoms with Crippen LogP contribution in [-0.2, 0) is 0 Å². The molecule has 96 valence electrons. The second-order valence-electron chi connectivity index (χ2n) is 6.05. The molecule has 0 amide bonds. The number of carbonyl (C=O) groups excluding carboxylic acids is 1. The molecule has 19 heavy (non-hydrogen) atoms. The van der Waals surface area contributed by atoms with Crippen LogP contribution in [0.5, 0.6) is 0 Å². The molecule has 2 bridgehead atoms. The van der Waals surface area contributed by atoms with E-state index in [9.17, 15) is 4.79 Å². The highest BCUT2D eigenvalue weighted by molar-refractivity contribution is 6.09. The van der Waals surface area contributed by atoms with E-state index in [1.54, 1.807) is 6.20 Å². The smallest absolute Gasteiger partial charge is 0.166 e. The van der Waals surface area contributed by atoms with E-state index in [1.807, 2.05) is 30.5 Å². The summed E-state index contributed by atoms with van der Waals surface area (Å²) in [6.07, 6.45) is 8.61. The van der Waals surface area contributed by atoms with Crippen LogP contribution in [0.25, 0.3) is 10.8 Å². The Morgan fingerprint density at radius 1 is 1.16 bits per heavy atom. The molecule has 2 fully saturated rings. The van der Waals surface area contributed by atoms with E-state index in [0.717, 1.165) is 28.7 Å². The quantitative estimate of drug-likeness (QED) is 0.759. The summed E-state index contributed by atoms with van der Waals surface area (Å²) in [5.74, 6) is 2.10. The molecule has 2 aliphatic rings. The average molecular weight is 251 g/mol. The molecule has 2 aliphatic carbocycles. The number of hydrogen-bond donors (Lipinski definition) is 0. The van der Waals surface area contributed by atoms with Gasteiger partial charge in [-0.3, -0.25) is 9.78 Å². The van der Waals surface area contributed by atoms with Crippen LogP contribution >= 0.6 is 0 Å². The molecule has 0 aliphatic heterocycles. The molecule has 0 radical (unpaired) electrons. The van der Waals surface area contributed by atoms with E-state index in [1.165, 1.54) is 19.3 Å². The zero-order valence-corrected chi connectivity index (χ0v) is 10.9. The van der Waals surface area contributed by atoms with Gasteiger partial charge in [0.25, 0.3) is 0 Å². The Balaban J connectivity index is 1.76. The van der Waals surface area contributed by atoms with E-state index in [2.05, 4.69) is 4.98 Å². The van der Waals surface area contributed by atoms with Gasteiger partial charge in [-0.15, -0.1) is 0 Å². The molecule has 0 N–H and O–H groups in total. The minimum atomic E-state index is 0.275. The van der Waals surface area contributed by atoms with Crippen LogP contribution in [0.2, 0.25) is 0 Å². The van der Waals surface area contributed by atoms with Crippen LogP contribution in [0.4, 0.5) is 0 Å². The number of ketones is 1. The first-order chi connectivity index (χ1) is 9.33. The molecule has 2 nitrogen and oxygen atoms in total. The maximum atomic E-state index is 12.8. The Hall–Kier alpha value is -1.70. The third kappa shape index (κ3) is 1.70. The van der Waals surface area contributed by atoms with Crippen molar-refractivity contribution in [2.24, 2.45) is 17.8 Å². The summed E-state index contributed by atoms with van der Waals surface area (Å²) < 4.78 is 0. The highest BCUT2D eigenvalue weighted by atomic mass is 16.1. The van der Waals surface area contributed by atoms with Crippen molar-refractivity contribution in [1.29, 1.82) is 0 Å². The Kier molecular flexibility index (Phi) is 2.44. The normalized spacial score (nSPS) is 28.9. The molecule has 3 unspecified atom stereocenters. The Morgan fingerprint density at radius 2 is 2.11 bits per heavy atom. The number of fused-ring (bicyclic) bond motifs is 3. The Bertz CT molecular complexity index is 643. The molecule has 1 aromatic carbocycles. The van der Waals surface area contributed by atoms with Crippen molar-refractivity contribution < 1.29 is 4.79 Å². The summed E-state index contributed by atoms with van der Waals surface area (Å²) in [5, 5.41) is 2.13. The standard InChI is InChI=1S/C17H17NO/c19-17(16-9-11-4-5-12(16)8-11)15-3-1-2-13-10-18-7-6-14(13)15/h1-3,6-7,10-12,16H,4-5,8-9H2. The largest absolute Gasteiger partial charge is 0.294 e. The lowest BCUT2D eigenvalue weighted by molar-refractivity contribution is 0.0876. The van der Waals surface area contributed by atoms with Crippen molar-refractivity contribution in [2.75, 3.05) is 0 Å². The van der Waals surface area contributed by atoms with Crippen LogP contribution < -0.4 is 0 Å². The summed E-state index contributed by atoms with van der Waals surface area (Å²) in [7, 11) is 0. The van der Waals surface area contributed by atoms with Crippen LogP contribution in [-0.4, -0.2) is 10.8 Å². The number of aromatic nitrogens is 1. The summed E-state index contributed by atoms with van der Waals surface area (Å²) in [5.41, 5.74) is 0.900. The molecule has 4 rings (SSSR count). The number of hydrogen-bond acceptors (Lipinski definition) is 2. The fourth-order valence-corrected chi connectivity index (χ4v) is 4.10. The van der Waals surface area contributed by atoms with Crippen molar-refractivity contribution >= 4 is 16.6 Å². The number of benzene rings is 1. The third-order valence-electron chi connectivity index (χ3n) is 5.02. The number of pyridine rings is 1. The zero-order valence-electron chi connectivity index (χ0n) is 10.9. The summed E-state index contributed by atoms with van der Waals surface area (Å²) in [4.78, 5) is 17.0. The fourth-order valence-electron chi connectivity index (χ4n) is 4.10. The van der Waals surface area contributed by atoms with E-state index in [-0.39, 0.29) is 5.92 Å². The first-order valence-electron chi connectivity index (χ1n) is 7.20. The van der Waals surface area contributed by atoms with Crippen molar-refractivity contribution in [2.45, 2.75) is 25.7 Å². The molecule has 0 spiro atoms. The van der Waals surface area contributed by atoms with Gasteiger partial charge in [-0.2, -0.15) is 0 Å². The van der Waals surface area contributed by atoms with Crippen LogP contribution in [0.1, 0.15) is 36.0 Å². The van der Waals surface area contributed by atoms with Gasteiger partial charge in [0.2, 0.25) is 0 Å². The van der Waals surface area contributed by atoms with Crippen LogP contribution in [0.15, 0.2) is 36.7 Å². The van der Waals surface area contributed by atoms with Crippen molar-refractivity contribution in [3.8, 4) is 0 Å². The van der Waals surface area contributed by atoms with Crippen molar-refractivity contribution in [3.63, 3.8) is 0 Å². The van der Waals surface area contributed by atoms with Crippen LogP contribution in [0.3, 0.4) is 0 Å². The lowest BCUT2D eigenvalue weighted by Gasteiger charge is -2.20.